The minimum absolute atomic E-state index is 0.103. The molecule has 1 N–H and O–H groups in total. The van der Waals surface area contributed by atoms with Crippen LogP contribution in [0.2, 0.25) is 0 Å². The number of hydrogen-bond acceptors (Lipinski definition) is 4. The van der Waals surface area contributed by atoms with Crippen molar-refractivity contribution in [3.8, 4) is 0 Å². The van der Waals surface area contributed by atoms with Crippen LogP contribution in [0, 0.1) is 11.7 Å². The molecule has 5 nitrogen and oxygen atoms in total. The van der Waals surface area contributed by atoms with Crippen LogP contribution < -0.4 is 5.32 Å². The smallest absolute Gasteiger partial charge is 0.232 e. The highest BCUT2D eigenvalue weighted by atomic mass is 32.1. The van der Waals surface area contributed by atoms with Crippen LogP contribution >= 0.6 is 11.3 Å². The number of aromatic nitrogens is 1. The van der Waals surface area contributed by atoms with E-state index in [1.807, 2.05) is 0 Å². The maximum absolute atomic E-state index is 13.1. The second kappa shape index (κ2) is 5.84. The van der Waals surface area contributed by atoms with Crippen molar-refractivity contribution in [3.63, 3.8) is 0 Å². The average Bonchev–Trinajstić information content (AvgIpc) is 3.10. The number of nitrogens with zero attached hydrogens (tertiary/aromatic N) is 2. The van der Waals surface area contributed by atoms with Crippen molar-refractivity contribution in [2.24, 2.45) is 5.92 Å². The fourth-order valence-corrected chi connectivity index (χ4v) is 3.24. The number of anilines is 1. The first-order valence-corrected chi connectivity index (χ1v) is 7.65. The topological polar surface area (TPSA) is 62.3 Å². The van der Waals surface area contributed by atoms with Crippen LogP contribution in [0.5, 0.6) is 0 Å². The Morgan fingerprint density at radius 2 is 2.14 bits per heavy atom. The highest BCUT2D eigenvalue weighted by Gasteiger charge is 2.42. The van der Waals surface area contributed by atoms with Gasteiger partial charge in [-0.3, -0.25) is 9.59 Å². The molecule has 3 rings (SSSR count). The number of halogens is 1. The molecular weight excluding hydrogens is 305 g/mol. The number of thiazole rings is 1. The molecule has 1 aliphatic heterocycles. The number of carbonyl (C=O) groups is 2. The van der Waals surface area contributed by atoms with Crippen LogP contribution in [0.1, 0.15) is 18.0 Å². The molecule has 0 spiro atoms. The molecule has 1 aromatic carbocycles. The Balaban J connectivity index is 1.86. The molecule has 7 heteroatoms. The van der Waals surface area contributed by atoms with Crippen molar-refractivity contribution in [2.75, 3.05) is 12.4 Å². The number of hydrogen-bond donors (Lipinski definition) is 1. The Morgan fingerprint density at radius 1 is 1.41 bits per heavy atom. The third-order valence-corrected chi connectivity index (χ3v) is 4.49. The normalized spacial score (nSPS) is 21.2. The molecule has 0 bridgehead atoms. The van der Waals surface area contributed by atoms with E-state index in [9.17, 15) is 14.0 Å². The van der Waals surface area contributed by atoms with Crippen LogP contribution in [0.25, 0.3) is 0 Å². The molecule has 1 fully saturated rings. The van der Waals surface area contributed by atoms with Gasteiger partial charge in [0.2, 0.25) is 11.8 Å². The lowest BCUT2D eigenvalue weighted by Gasteiger charge is -2.24. The van der Waals surface area contributed by atoms with Gasteiger partial charge in [-0.1, -0.05) is 12.1 Å². The van der Waals surface area contributed by atoms with E-state index < -0.39 is 12.0 Å². The molecule has 2 aromatic rings. The summed E-state index contributed by atoms with van der Waals surface area (Å²) >= 11 is 1.32. The van der Waals surface area contributed by atoms with Gasteiger partial charge >= 0.3 is 0 Å². The van der Waals surface area contributed by atoms with Crippen LogP contribution in [0.3, 0.4) is 0 Å². The summed E-state index contributed by atoms with van der Waals surface area (Å²) in [6.45, 7) is 0. The van der Waals surface area contributed by atoms with E-state index in [0.717, 1.165) is 5.56 Å². The Kier molecular flexibility index (Phi) is 3.89. The van der Waals surface area contributed by atoms with Crippen molar-refractivity contribution in [1.29, 1.82) is 0 Å². The molecular formula is C15H14FN3O2S. The molecule has 1 aromatic heterocycles. The zero-order chi connectivity index (χ0) is 15.7. The van der Waals surface area contributed by atoms with E-state index in [0.29, 0.717) is 5.13 Å². The molecule has 0 saturated carbocycles. The Labute approximate surface area is 130 Å². The number of likely N-dealkylation sites (tertiary alicyclic amines) is 1. The van der Waals surface area contributed by atoms with Crippen molar-refractivity contribution in [2.45, 2.75) is 12.5 Å². The summed E-state index contributed by atoms with van der Waals surface area (Å²) < 4.78 is 13.1. The van der Waals surface area contributed by atoms with E-state index in [1.165, 1.54) is 23.5 Å². The SMILES string of the molecule is CN1C(=O)C[C@@H](C(=O)Nc2nccs2)[C@H]1c1ccc(F)cc1. The quantitative estimate of drug-likeness (QED) is 0.945. The van der Waals surface area contributed by atoms with Crippen LogP contribution in [0.4, 0.5) is 9.52 Å². The second-order valence-corrected chi connectivity index (χ2v) is 6.03. The van der Waals surface area contributed by atoms with Gasteiger partial charge in [0, 0.05) is 25.0 Å². The van der Waals surface area contributed by atoms with Crippen molar-refractivity contribution in [1.82, 2.24) is 9.88 Å². The number of benzene rings is 1. The lowest BCUT2D eigenvalue weighted by molar-refractivity contribution is -0.127. The summed E-state index contributed by atoms with van der Waals surface area (Å²) in [5, 5.41) is 5.00. The summed E-state index contributed by atoms with van der Waals surface area (Å²) in [5.41, 5.74) is 0.744. The van der Waals surface area contributed by atoms with Crippen LogP contribution in [-0.4, -0.2) is 28.7 Å². The van der Waals surface area contributed by atoms with Crippen LogP contribution in [-0.2, 0) is 9.59 Å². The average molecular weight is 319 g/mol. The monoisotopic (exact) mass is 319 g/mol. The molecule has 22 heavy (non-hydrogen) atoms. The largest absolute Gasteiger partial charge is 0.338 e. The predicted molar refractivity (Wildman–Crippen MR) is 80.8 cm³/mol. The number of carbonyl (C=O) groups excluding carboxylic acids is 2. The molecule has 1 saturated heterocycles. The van der Waals surface area contributed by atoms with Crippen molar-refractivity contribution < 1.29 is 14.0 Å². The van der Waals surface area contributed by atoms with Gasteiger partial charge in [-0.15, -0.1) is 11.3 Å². The van der Waals surface area contributed by atoms with E-state index in [1.54, 1.807) is 35.7 Å². The van der Waals surface area contributed by atoms with Gasteiger partial charge in [-0.2, -0.15) is 0 Å². The van der Waals surface area contributed by atoms with E-state index in [2.05, 4.69) is 10.3 Å². The van der Waals surface area contributed by atoms with Gasteiger partial charge < -0.3 is 10.2 Å². The summed E-state index contributed by atoms with van der Waals surface area (Å²) in [6.07, 6.45) is 1.74. The molecule has 0 unspecified atom stereocenters. The summed E-state index contributed by atoms with van der Waals surface area (Å²) in [7, 11) is 1.66. The second-order valence-electron chi connectivity index (χ2n) is 5.14. The van der Waals surface area contributed by atoms with Gasteiger partial charge in [0.1, 0.15) is 5.82 Å². The predicted octanol–water partition coefficient (Wildman–Crippen LogP) is 2.44. The molecule has 0 radical (unpaired) electrons. The number of nitrogens with one attached hydrogen (secondary N) is 1. The number of rotatable bonds is 3. The van der Waals surface area contributed by atoms with Gasteiger partial charge in [0.15, 0.2) is 5.13 Å². The summed E-state index contributed by atoms with van der Waals surface area (Å²) in [4.78, 5) is 30.0. The molecule has 114 valence electrons. The first kappa shape index (κ1) is 14.6. The lowest BCUT2D eigenvalue weighted by Crippen LogP contribution is -2.30. The van der Waals surface area contributed by atoms with Gasteiger partial charge in [0.05, 0.1) is 12.0 Å². The molecule has 2 atom stereocenters. The van der Waals surface area contributed by atoms with Gasteiger partial charge in [0.25, 0.3) is 0 Å². The third kappa shape index (κ3) is 2.71. The van der Waals surface area contributed by atoms with Crippen molar-refractivity contribution in [3.05, 3.63) is 47.2 Å². The summed E-state index contributed by atoms with van der Waals surface area (Å²) in [5.74, 6) is -1.22. The molecule has 0 aliphatic carbocycles. The minimum Gasteiger partial charge on any atom is -0.338 e. The zero-order valence-electron chi connectivity index (χ0n) is 11.8. The Bertz CT molecular complexity index is 687. The molecule has 2 amide bonds. The molecule has 1 aliphatic rings. The zero-order valence-corrected chi connectivity index (χ0v) is 12.6. The first-order chi connectivity index (χ1) is 10.6. The molecule has 2 heterocycles. The van der Waals surface area contributed by atoms with E-state index in [4.69, 9.17) is 0 Å². The Hall–Kier alpha value is -2.28. The fraction of sp³-hybridized carbons (Fsp3) is 0.267. The maximum atomic E-state index is 13.1. The third-order valence-electron chi connectivity index (χ3n) is 3.80. The highest BCUT2D eigenvalue weighted by molar-refractivity contribution is 7.13. The van der Waals surface area contributed by atoms with E-state index >= 15 is 0 Å². The Morgan fingerprint density at radius 3 is 2.77 bits per heavy atom. The first-order valence-electron chi connectivity index (χ1n) is 6.78. The van der Waals surface area contributed by atoms with Gasteiger partial charge in [-0.25, -0.2) is 9.37 Å². The van der Waals surface area contributed by atoms with Crippen molar-refractivity contribution >= 4 is 28.3 Å². The van der Waals surface area contributed by atoms with Crippen LogP contribution in [0.15, 0.2) is 35.8 Å². The lowest BCUT2D eigenvalue weighted by atomic mass is 9.93. The minimum atomic E-state index is -0.521. The van der Waals surface area contributed by atoms with Gasteiger partial charge in [-0.05, 0) is 17.7 Å². The standard InChI is InChI=1S/C15H14FN3O2S/c1-19-12(20)8-11(14(21)18-15-17-6-7-22-15)13(19)9-2-4-10(16)5-3-9/h2-7,11,13H,8H2,1H3,(H,17,18,21)/t11-,13-/m1/s1. The van der Waals surface area contributed by atoms with E-state index in [-0.39, 0.29) is 24.1 Å². The maximum Gasteiger partial charge on any atom is 0.232 e. The number of amides is 2. The summed E-state index contributed by atoms with van der Waals surface area (Å²) in [6, 6.07) is 5.49. The highest BCUT2D eigenvalue weighted by Crippen LogP contribution is 2.37. The fourth-order valence-electron chi connectivity index (χ4n) is 2.70.